The first kappa shape index (κ1) is 11.8. The van der Waals surface area contributed by atoms with E-state index >= 15 is 0 Å². The van der Waals surface area contributed by atoms with Crippen LogP contribution in [-0.2, 0) is 6.42 Å². The van der Waals surface area contributed by atoms with Crippen molar-refractivity contribution in [1.82, 2.24) is 4.98 Å². The Bertz CT molecular complexity index is 666. The van der Waals surface area contributed by atoms with Gasteiger partial charge in [-0.05, 0) is 12.1 Å². The van der Waals surface area contributed by atoms with Crippen LogP contribution in [0.15, 0.2) is 47.3 Å². The Kier molecular flexibility index (Phi) is 3.35. The zero-order chi connectivity index (χ0) is 13.0. The maximum absolute atomic E-state index is 11.9. The van der Waals surface area contributed by atoms with Gasteiger partial charge in [-0.3, -0.25) is 9.59 Å². The summed E-state index contributed by atoms with van der Waals surface area (Å²) >= 11 is 0. The number of carbonyl (C=O) groups is 1. The van der Waals surface area contributed by atoms with Crippen molar-refractivity contribution in [3.8, 4) is 6.07 Å². The summed E-state index contributed by atoms with van der Waals surface area (Å²) in [6.07, 6.45) is 0.116. The number of ketones is 1. The molecule has 4 heteroatoms. The predicted octanol–water partition coefficient (Wildman–Crippen LogP) is 1.67. The fourth-order valence-corrected chi connectivity index (χ4v) is 1.60. The first-order valence-corrected chi connectivity index (χ1v) is 5.41. The molecule has 88 valence electrons. The van der Waals surface area contributed by atoms with E-state index in [9.17, 15) is 9.59 Å². The number of aromatic nitrogens is 1. The van der Waals surface area contributed by atoms with Gasteiger partial charge in [-0.1, -0.05) is 30.3 Å². The first-order chi connectivity index (χ1) is 8.70. The second-order valence-electron chi connectivity index (χ2n) is 3.80. The van der Waals surface area contributed by atoms with Gasteiger partial charge in [0.05, 0.1) is 6.42 Å². The van der Waals surface area contributed by atoms with E-state index < -0.39 is 5.56 Å². The van der Waals surface area contributed by atoms with Crippen molar-refractivity contribution in [3.05, 3.63) is 69.6 Å². The van der Waals surface area contributed by atoms with Crippen LogP contribution >= 0.6 is 0 Å². The zero-order valence-electron chi connectivity index (χ0n) is 9.51. The molecule has 0 fully saturated rings. The highest BCUT2D eigenvalue weighted by molar-refractivity contribution is 5.97. The van der Waals surface area contributed by atoms with E-state index in [2.05, 4.69) is 4.98 Å². The van der Waals surface area contributed by atoms with Crippen LogP contribution in [0.5, 0.6) is 0 Å². The molecule has 1 heterocycles. The van der Waals surface area contributed by atoms with E-state index in [-0.39, 0.29) is 17.8 Å². The highest BCUT2D eigenvalue weighted by Crippen LogP contribution is 2.05. The molecule has 0 radical (unpaired) electrons. The van der Waals surface area contributed by atoms with Crippen LogP contribution in [0.2, 0.25) is 0 Å². The van der Waals surface area contributed by atoms with Crippen LogP contribution in [0.4, 0.5) is 0 Å². The normalized spacial score (nSPS) is 9.72. The standard InChI is InChI=1S/C14H10N2O2/c15-9-11-6-7-12(16-14(11)18)8-13(17)10-4-2-1-3-5-10/h1-7H,8H2,(H,16,18). The Morgan fingerprint density at radius 1 is 1.17 bits per heavy atom. The van der Waals surface area contributed by atoms with E-state index in [0.717, 1.165) is 0 Å². The Balaban J connectivity index is 2.21. The lowest BCUT2D eigenvalue weighted by molar-refractivity contribution is 0.0992. The second-order valence-corrected chi connectivity index (χ2v) is 3.80. The second kappa shape index (κ2) is 5.11. The maximum atomic E-state index is 11.9. The molecule has 0 saturated heterocycles. The number of benzene rings is 1. The lowest BCUT2D eigenvalue weighted by atomic mass is 10.1. The molecule has 0 saturated carbocycles. The molecule has 18 heavy (non-hydrogen) atoms. The minimum atomic E-state index is -0.462. The Hall–Kier alpha value is -2.67. The molecule has 0 amide bonds. The number of H-pyrrole nitrogens is 1. The molecule has 4 nitrogen and oxygen atoms in total. The third kappa shape index (κ3) is 2.53. The van der Waals surface area contributed by atoms with Gasteiger partial charge in [0.1, 0.15) is 11.6 Å². The highest BCUT2D eigenvalue weighted by atomic mass is 16.1. The minimum Gasteiger partial charge on any atom is -0.325 e. The number of nitrogens with one attached hydrogen (secondary N) is 1. The molecule has 0 unspecified atom stereocenters. The van der Waals surface area contributed by atoms with Crippen molar-refractivity contribution in [3.63, 3.8) is 0 Å². The molecule has 1 aromatic heterocycles. The maximum Gasteiger partial charge on any atom is 0.266 e. The first-order valence-electron chi connectivity index (χ1n) is 5.41. The molecule has 2 aromatic rings. The number of pyridine rings is 1. The average Bonchev–Trinajstić information content (AvgIpc) is 2.40. The summed E-state index contributed by atoms with van der Waals surface area (Å²) in [5.74, 6) is -0.0732. The third-order valence-electron chi connectivity index (χ3n) is 2.54. The van der Waals surface area contributed by atoms with Gasteiger partial charge in [-0.15, -0.1) is 0 Å². The molecular weight excluding hydrogens is 228 g/mol. The number of nitriles is 1. The van der Waals surface area contributed by atoms with E-state index in [1.54, 1.807) is 36.4 Å². The number of carbonyl (C=O) groups excluding carboxylic acids is 1. The largest absolute Gasteiger partial charge is 0.325 e. The van der Waals surface area contributed by atoms with Crippen LogP contribution in [0.3, 0.4) is 0 Å². The van der Waals surface area contributed by atoms with Crippen molar-refractivity contribution in [2.75, 3.05) is 0 Å². The van der Waals surface area contributed by atoms with Crippen molar-refractivity contribution < 1.29 is 4.79 Å². The highest BCUT2D eigenvalue weighted by Gasteiger charge is 2.08. The molecule has 2 rings (SSSR count). The number of nitrogens with zero attached hydrogens (tertiary/aromatic N) is 1. The molecule has 0 atom stereocenters. The molecule has 0 bridgehead atoms. The van der Waals surface area contributed by atoms with Crippen LogP contribution in [0.1, 0.15) is 21.6 Å². The predicted molar refractivity (Wildman–Crippen MR) is 66.3 cm³/mol. The third-order valence-corrected chi connectivity index (χ3v) is 2.54. The molecule has 1 N–H and O–H groups in total. The van der Waals surface area contributed by atoms with Crippen molar-refractivity contribution >= 4 is 5.78 Å². The molecule has 0 aliphatic carbocycles. The lowest BCUT2D eigenvalue weighted by Gasteiger charge is -2.01. The number of hydrogen-bond acceptors (Lipinski definition) is 3. The van der Waals surface area contributed by atoms with Gasteiger partial charge >= 0.3 is 0 Å². The van der Waals surface area contributed by atoms with Crippen LogP contribution < -0.4 is 5.56 Å². The average molecular weight is 238 g/mol. The fraction of sp³-hybridized carbons (Fsp3) is 0.0714. The molecule has 1 aromatic carbocycles. The van der Waals surface area contributed by atoms with Gasteiger partial charge in [-0.2, -0.15) is 5.26 Å². The molecule has 0 aliphatic heterocycles. The topological polar surface area (TPSA) is 73.7 Å². The van der Waals surface area contributed by atoms with E-state index in [4.69, 9.17) is 5.26 Å². The Morgan fingerprint density at radius 2 is 1.89 bits per heavy atom. The summed E-state index contributed by atoms with van der Waals surface area (Å²) in [5, 5.41) is 8.63. The van der Waals surface area contributed by atoms with Crippen molar-refractivity contribution in [2.24, 2.45) is 0 Å². The number of aromatic amines is 1. The van der Waals surface area contributed by atoms with E-state index in [1.807, 2.05) is 6.07 Å². The summed E-state index contributed by atoms with van der Waals surface area (Å²) in [4.78, 5) is 25.8. The lowest BCUT2D eigenvalue weighted by Crippen LogP contribution is -2.14. The summed E-state index contributed by atoms with van der Waals surface area (Å²) in [6, 6.07) is 13.6. The quantitative estimate of drug-likeness (QED) is 0.826. The molecular formula is C14H10N2O2. The van der Waals surface area contributed by atoms with Gasteiger partial charge in [0.15, 0.2) is 5.78 Å². The van der Waals surface area contributed by atoms with E-state index in [0.29, 0.717) is 11.3 Å². The number of rotatable bonds is 3. The van der Waals surface area contributed by atoms with Gasteiger partial charge < -0.3 is 4.98 Å². The van der Waals surface area contributed by atoms with Crippen LogP contribution in [-0.4, -0.2) is 10.8 Å². The van der Waals surface area contributed by atoms with Crippen LogP contribution in [0.25, 0.3) is 0 Å². The van der Waals surface area contributed by atoms with Gasteiger partial charge in [0, 0.05) is 11.3 Å². The summed E-state index contributed by atoms with van der Waals surface area (Å²) in [7, 11) is 0. The van der Waals surface area contributed by atoms with Gasteiger partial charge in [-0.25, -0.2) is 0 Å². The molecule has 0 aliphatic rings. The minimum absolute atomic E-state index is 0.0471. The summed E-state index contributed by atoms with van der Waals surface area (Å²) in [6.45, 7) is 0. The number of hydrogen-bond donors (Lipinski definition) is 1. The smallest absolute Gasteiger partial charge is 0.266 e. The SMILES string of the molecule is N#Cc1ccc(CC(=O)c2ccccc2)[nH]c1=O. The Morgan fingerprint density at radius 3 is 2.50 bits per heavy atom. The summed E-state index contributed by atoms with van der Waals surface area (Å²) in [5.41, 5.74) is 0.692. The van der Waals surface area contributed by atoms with E-state index in [1.165, 1.54) is 6.07 Å². The van der Waals surface area contributed by atoms with Crippen molar-refractivity contribution in [1.29, 1.82) is 5.26 Å². The molecule has 0 spiro atoms. The van der Waals surface area contributed by atoms with Crippen molar-refractivity contribution in [2.45, 2.75) is 6.42 Å². The zero-order valence-corrected chi connectivity index (χ0v) is 9.51. The van der Waals surface area contributed by atoms with Gasteiger partial charge in [0.25, 0.3) is 5.56 Å². The number of Topliss-reactive ketones (excluding diaryl/α,β-unsaturated/α-hetero) is 1. The monoisotopic (exact) mass is 238 g/mol. The Labute approximate surface area is 104 Å². The van der Waals surface area contributed by atoms with Crippen LogP contribution in [0, 0.1) is 11.3 Å². The summed E-state index contributed by atoms with van der Waals surface area (Å²) < 4.78 is 0. The van der Waals surface area contributed by atoms with Gasteiger partial charge in [0.2, 0.25) is 0 Å². The fourth-order valence-electron chi connectivity index (χ4n) is 1.60.